The second kappa shape index (κ2) is 6.50. The minimum Gasteiger partial charge on any atom is -0.370 e. The summed E-state index contributed by atoms with van der Waals surface area (Å²) in [4.78, 5) is 16.5. The molecule has 1 amide bonds. The fourth-order valence-electron chi connectivity index (χ4n) is 4.73. The number of hydrogen-bond donors (Lipinski definition) is 0. The molecule has 2 aliphatic heterocycles. The van der Waals surface area contributed by atoms with Crippen molar-refractivity contribution in [1.82, 2.24) is 9.47 Å². The molecule has 2 aliphatic rings. The molecule has 140 valence electrons. The molecule has 0 saturated carbocycles. The maximum atomic E-state index is 13.0. The molecule has 5 rings (SSSR count). The van der Waals surface area contributed by atoms with E-state index in [0.717, 1.165) is 44.5 Å². The van der Waals surface area contributed by atoms with E-state index in [9.17, 15) is 4.79 Å². The molecule has 1 spiro atoms. The zero-order chi connectivity index (χ0) is 18.4. The number of ether oxygens (including phenoxy) is 1. The van der Waals surface area contributed by atoms with E-state index in [1.54, 1.807) is 0 Å². The normalized spacial score (nSPS) is 18.8. The molecule has 1 aromatic carbocycles. The van der Waals surface area contributed by atoms with Gasteiger partial charge in [-0.15, -0.1) is 11.3 Å². The van der Waals surface area contributed by atoms with Gasteiger partial charge in [0.15, 0.2) is 0 Å². The highest BCUT2D eigenvalue weighted by atomic mass is 32.1. The number of hydrogen-bond acceptors (Lipinski definition) is 3. The van der Waals surface area contributed by atoms with E-state index in [-0.39, 0.29) is 11.5 Å². The minimum absolute atomic E-state index is 0.163. The number of carbonyl (C=O) groups is 1. The zero-order valence-corrected chi connectivity index (χ0v) is 16.4. The van der Waals surface area contributed by atoms with Crippen molar-refractivity contribution in [2.45, 2.75) is 31.3 Å². The van der Waals surface area contributed by atoms with Gasteiger partial charge in [-0.1, -0.05) is 18.2 Å². The quantitative estimate of drug-likeness (QED) is 0.676. The third kappa shape index (κ3) is 2.80. The van der Waals surface area contributed by atoms with Crippen LogP contribution in [-0.4, -0.2) is 35.1 Å². The number of thiophene rings is 1. The molecule has 0 N–H and O–H groups in total. The topological polar surface area (TPSA) is 34.5 Å². The Morgan fingerprint density at radius 2 is 2.04 bits per heavy atom. The van der Waals surface area contributed by atoms with Gasteiger partial charge in [-0.05, 0) is 41.5 Å². The average Bonchev–Trinajstić information content (AvgIpc) is 3.29. The highest BCUT2D eigenvalue weighted by molar-refractivity contribution is 7.10. The molecule has 0 atom stereocenters. The van der Waals surface area contributed by atoms with Crippen molar-refractivity contribution in [3.8, 4) is 0 Å². The number of aryl methyl sites for hydroxylation is 1. The lowest BCUT2D eigenvalue weighted by Gasteiger charge is -2.44. The van der Waals surface area contributed by atoms with Crippen LogP contribution < -0.4 is 0 Å². The van der Waals surface area contributed by atoms with E-state index >= 15 is 0 Å². The number of benzene rings is 1. The van der Waals surface area contributed by atoms with Crippen LogP contribution in [0.5, 0.6) is 0 Å². The number of fused-ring (bicyclic) bond motifs is 3. The zero-order valence-electron chi connectivity index (χ0n) is 15.6. The molecule has 0 radical (unpaired) electrons. The Morgan fingerprint density at radius 1 is 1.22 bits per heavy atom. The molecule has 0 unspecified atom stereocenters. The fraction of sp³-hybridized carbons (Fsp3) is 0.409. The number of rotatable bonds is 2. The lowest BCUT2D eigenvalue weighted by molar-refractivity contribution is -0.139. The third-order valence-electron chi connectivity index (χ3n) is 6.19. The highest BCUT2D eigenvalue weighted by Gasteiger charge is 2.42. The van der Waals surface area contributed by atoms with Crippen molar-refractivity contribution in [3.05, 3.63) is 57.9 Å². The van der Waals surface area contributed by atoms with Crippen LogP contribution in [0.2, 0.25) is 0 Å². The first-order chi connectivity index (χ1) is 13.2. The summed E-state index contributed by atoms with van der Waals surface area (Å²) in [5, 5.41) is 3.36. The van der Waals surface area contributed by atoms with Crippen molar-refractivity contribution < 1.29 is 9.53 Å². The van der Waals surface area contributed by atoms with Crippen LogP contribution in [0.15, 0.2) is 41.9 Å². The Bertz CT molecular complexity index is 995. The van der Waals surface area contributed by atoms with Gasteiger partial charge in [-0.2, -0.15) is 0 Å². The molecular formula is C22H24N2O2S. The lowest BCUT2D eigenvalue weighted by atomic mass is 9.82. The maximum Gasteiger partial charge on any atom is 0.227 e. The lowest BCUT2D eigenvalue weighted by Crippen LogP contribution is -2.48. The van der Waals surface area contributed by atoms with E-state index < -0.39 is 0 Å². The van der Waals surface area contributed by atoms with Crippen LogP contribution >= 0.6 is 11.3 Å². The summed E-state index contributed by atoms with van der Waals surface area (Å²) in [5.74, 6) is 0.225. The summed E-state index contributed by atoms with van der Waals surface area (Å²) >= 11 is 1.84. The first-order valence-electron chi connectivity index (χ1n) is 9.68. The number of carbonyl (C=O) groups excluding carboxylic acids is 1. The molecule has 4 nitrogen and oxygen atoms in total. The highest BCUT2D eigenvalue weighted by Crippen LogP contribution is 2.43. The maximum absolute atomic E-state index is 13.0. The molecule has 1 fully saturated rings. The Labute approximate surface area is 163 Å². The predicted octanol–water partition coefficient (Wildman–Crippen LogP) is 3.87. The molecule has 3 aromatic rings. The average molecular weight is 381 g/mol. The van der Waals surface area contributed by atoms with Gasteiger partial charge < -0.3 is 14.2 Å². The summed E-state index contributed by atoms with van der Waals surface area (Å²) in [7, 11) is 2.04. The molecular weight excluding hydrogens is 356 g/mol. The summed E-state index contributed by atoms with van der Waals surface area (Å²) in [5.41, 5.74) is 3.51. The smallest absolute Gasteiger partial charge is 0.227 e. The minimum atomic E-state index is -0.163. The van der Waals surface area contributed by atoms with Gasteiger partial charge in [-0.3, -0.25) is 4.79 Å². The van der Waals surface area contributed by atoms with E-state index in [0.29, 0.717) is 6.42 Å². The molecule has 5 heteroatoms. The predicted molar refractivity (Wildman–Crippen MR) is 108 cm³/mol. The van der Waals surface area contributed by atoms with Crippen molar-refractivity contribution in [1.29, 1.82) is 0 Å². The van der Waals surface area contributed by atoms with Crippen molar-refractivity contribution >= 4 is 28.1 Å². The van der Waals surface area contributed by atoms with Gasteiger partial charge in [0.05, 0.1) is 18.6 Å². The third-order valence-corrected chi connectivity index (χ3v) is 7.17. The summed E-state index contributed by atoms with van der Waals surface area (Å²) in [6.07, 6.45) is 5.39. The first kappa shape index (κ1) is 17.0. The number of para-hydroxylation sites is 1. The second-order valence-corrected chi connectivity index (χ2v) is 8.69. The van der Waals surface area contributed by atoms with Crippen LogP contribution in [0.1, 0.15) is 28.8 Å². The molecule has 1 saturated heterocycles. The van der Waals surface area contributed by atoms with Gasteiger partial charge >= 0.3 is 0 Å². The molecule has 0 aliphatic carbocycles. The Morgan fingerprint density at radius 3 is 2.89 bits per heavy atom. The Hall–Kier alpha value is -2.11. The largest absolute Gasteiger partial charge is 0.370 e. The first-order valence-corrected chi connectivity index (χ1v) is 10.6. The monoisotopic (exact) mass is 380 g/mol. The number of likely N-dealkylation sites (tertiary alicyclic amines) is 1. The number of nitrogens with zero attached hydrogens (tertiary/aromatic N) is 2. The Kier molecular flexibility index (Phi) is 4.10. The van der Waals surface area contributed by atoms with Crippen LogP contribution in [0, 0.1) is 0 Å². The van der Waals surface area contributed by atoms with Crippen LogP contribution in [-0.2, 0) is 35.0 Å². The SMILES string of the molecule is Cn1cc(CC(=O)N2CCC3(CC2)OCCc2sccc23)c2ccccc21. The van der Waals surface area contributed by atoms with Crippen molar-refractivity contribution in [2.24, 2.45) is 7.05 Å². The number of piperidine rings is 1. The molecule has 4 heterocycles. The van der Waals surface area contributed by atoms with E-state index in [1.165, 1.54) is 21.3 Å². The molecule has 27 heavy (non-hydrogen) atoms. The van der Waals surface area contributed by atoms with Crippen molar-refractivity contribution in [3.63, 3.8) is 0 Å². The van der Waals surface area contributed by atoms with Crippen molar-refractivity contribution in [2.75, 3.05) is 19.7 Å². The summed E-state index contributed by atoms with van der Waals surface area (Å²) in [6.45, 7) is 2.36. The molecule has 0 bridgehead atoms. The van der Waals surface area contributed by atoms with Gasteiger partial charge in [0.1, 0.15) is 0 Å². The standard InChI is InChI=1S/C22H24N2O2S/c1-23-15-16(17-4-2-3-5-19(17)23)14-21(25)24-10-8-22(9-11-24)18-7-13-27-20(18)6-12-26-22/h2-5,7,13,15H,6,8-12,14H2,1H3. The molecule has 2 aromatic heterocycles. The van der Waals surface area contributed by atoms with E-state index in [4.69, 9.17) is 4.74 Å². The van der Waals surface area contributed by atoms with Crippen LogP contribution in [0.25, 0.3) is 10.9 Å². The number of amides is 1. The van der Waals surface area contributed by atoms with E-state index in [2.05, 4.69) is 34.3 Å². The van der Waals surface area contributed by atoms with Crippen LogP contribution in [0.4, 0.5) is 0 Å². The second-order valence-electron chi connectivity index (χ2n) is 7.69. The number of aromatic nitrogens is 1. The fourth-order valence-corrected chi connectivity index (χ4v) is 5.68. The van der Waals surface area contributed by atoms with Gasteiger partial charge in [-0.25, -0.2) is 0 Å². The summed E-state index contributed by atoms with van der Waals surface area (Å²) < 4.78 is 8.37. The van der Waals surface area contributed by atoms with Crippen LogP contribution in [0.3, 0.4) is 0 Å². The van der Waals surface area contributed by atoms with Gasteiger partial charge in [0.25, 0.3) is 0 Å². The van der Waals surface area contributed by atoms with E-state index in [1.807, 2.05) is 35.4 Å². The summed E-state index contributed by atoms with van der Waals surface area (Å²) in [6, 6.07) is 10.5. The van der Waals surface area contributed by atoms with Gasteiger partial charge in [0, 0.05) is 48.5 Å². The van der Waals surface area contributed by atoms with Gasteiger partial charge in [0.2, 0.25) is 5.91 Å². The Balaban J connectivity index is 1.31.